The maximum atomic E-state index is 11.5. The van der Waals surface area contributed by atoms with Gasteiger partial charge in [-0.2, -0.15) is 8.42 Å². The Morgan fingerprint density at radius 1 is 1.32 bits per heavy atom. The Hall–Kier alpha value is -1.79. The van der Waals surface area contributed by atoms with Crippen LogP contribution in [0.4, 0.5) is 0 Å². The van der Waals surface area contributed by atoms with Crippen molar-refractivity contribution in [3.8, 4) is 0 Å². The quantitative estimate of drug-likeness (QED) is 0.615. The van der Waals surface area contributed by atoms with E-state index in [-0.39, 0.29) is 11.5 Å². The lowest BCUT2D eigenvalue weighted by molar-refractivity contribution is 0.308. The zero-order valence-corrected chi connectivity index (χ0v) is 14.2. The first-order chi connectivity index (χ1) is 10.4. The summed E-state index contributed by atoms with van der Waals surface area (Å²) >= 11 is 0. The predicted octanol–water partition coefficient (Wildman–Crippen LogP) is 2.57. The largest absolute Gasteiger partial charge is 0.362 e. The van der Waals surface area contributed by atoms with Gasteiger partial charge in [0.1, 0.15) is 0 Å². The summed E-state index contributed by atoms with van der Waals surface area (Å²) in [7, 11) is -1.55. The monoisotopic (exact) mass is 324 g/mol. The highest BCUT2D eigenvalue weighted by molar-refractivity contribution is 7.86. The van der Waals surface area contributed by atoms with E-state index in [4.69, 9.17) is 4.18 Å². The first-order valence-corrected chi connectivity index (χ1v) is 8.50. The Kier molecular flexibility index (Phi) is 7.14. The molecule has 6 heteroatoms. The van der Waals surface area contributed by atoms with Crippen LogP contribution < -0.4 is 0 Å². The molecule has 22 heavy (non-hydrogen) atoms. The second kappa shape index (κ2) is 8.60. The standard InChI is InChI=1S/C10H12O3S.C6H12N2/c1-3-8-13-14(11,12)10-7-5-4-6-9(10)2;1-3-8-5-4-7(2)6-8/h3-7H,1,8H2,2H3;4-5H,3,6H2,1-2H3. The fourth-order valence-electron chi connectivity index (χ4n) is 1.83. The maximum absolute atomic E-state index is 11.5. The average Bonchev–Trinajstić information content (AvgIpc) is 2.92. The zero-order valence-electron chi connectivity index (χ0n) is 13.4. The molecule has 0 atom stereocenters. The summed E-state index contributed by atoms with van der Waals surface area (Å²) in [4.78, 5) is 4.62. The molecule has 0 N–H and O–H groups in total. The summed E-state index contributed by atoms with van der Waals surface area (Å²) in [5.74, 6) is 0. The molecule has 5 nitrogen and oxygen atoms in total. The van der Waals surface area contributed by atoms with Gasteiger partial charge in [-0.3, -0.25) is 4.18 Å². The van der Waals surface area contributed by atoms with Crippen LogP contribution in [0.1, 0.15) is 12.5 Å². The summed E-state index contributed by atoms with van der Waals surface area (Å²) in [6.45, 7) is 9.43. The van der Waals surface area contributed by atoms with E-state index in [1.165, 1.54) is 12.1 Å². The number of aryl methyl sites for hydroxylation is 1. The fraction of sp³-hybridized carbons (Fsp3) is 0.375. The van der Waals surface area contributed by atoms with Crippen LogP contribution in [0.3, 0.4) is 0 Å². The molecule has 0 aliphatic carbocycles. The van der Waals surface area contributed by atoms with Crippen molar-refractivity contribution < 1.29 is 12.6 Å². The molecule has 1 aromatic rings. The number of rotatable bonds is 5. The average molecular weight is 324 g/mol. The minimum absolute atomic E-state index is 0.00331. The molecule has 0 radical (unpaired) electrons. The molecule has 1 heterocycles. The van der Waals surface area contributed by atoms with Crippen LogP contribution in [0.2, 0.25) is 0 Å². The Morgan fingerprint density at radius 3 is 2.45 bits per heavy atom. The molecule has 0 amide bonds. The van der Waals surface area contributed by atoms with Gasteiger partial charge in [0.25, 0.3) is 10.1 Å². The normalized spacial score (nSPS) is 13.8. The van der Waals surface area contributed by atoms with Crippen molar-refractivity contribution in [3.05, 3.63) is 54.9 Å². The van der Waals surface area contributed by atoms with E-state index in [9.17, 15) is 8.42 Å². The summed E-state index contributed by atoms with van der Waals surface area (Å²) in [5.41, 5.74) is 0.677. The van der Waals surface area contributed by atoms with Crippen molar-refractivity contribution in [1.82, 2.24) is 9.80 Å². The van der Waals surface area contributed by atoms with Gasteiger partial charge in [0, 0.05) is 26.0 Å². The Balaban J connectivity index is 0.000000255. The first kappa shape index (κ1) is 18.3. The van der Waals surface area contributed by atoms with Gasteiger partial charge in [0.05, 0.1) is 18.2 Å². The van der Waals surface area contributed by atoms with Crippen molar-refractivity contribution in [3.63, 3.8) is 0 Å². The summed E-state index contributed by atoms with van der Waals surface area (Å²) in [6, 6.07) is 6.69. The minimum atomic E-state index is -3.62. The van der Waals surface area contributed by atoms with E-state index in [2.05, 4.69) is 42.8 Å². The van der Waals surface area contributed by atoms with E-state index in [1.807, 2.05) is 0 Å². The van der Waals surface area contributed by atoms with E-state index < -0.39 is 10.1 Å². The SMILES string of the molecule is C=CCOS(=O)(=O)c1ccccc1C.CCN1C=CN(C)C1. The second-order valence-corrected chi connectivity index (χ2v) is 6.48. The van der Waals surface area contributed by atoms with Crippen LogP contribution in [-0.2, 0) is 14.3 Å². The molecule has 1 aliphatic rings. The van der Waals surface area contributed by atoms with Gasteiger partial charge < -0.3 is 9.80 Å². The fourth-order valence-corrected chi connectivity index (χ4v) is 2.94. The van der Waals surface area contributed by atoms with Gasteiger partial charge >= 0.3 is 0 Å². The van der Waals surface area contributed by atoms with Crippen molar-refractivity contribution in [2.45, 2.75) is 18.7 Å². The van der Waals surface area contributed by atoms with E-state index in [1.54, 1.807) is 25.1 Å². The predicted molar refractivity (Wildman–Crippen MR) is 88.7 cm³/mol. The number of nitrogens with zero attached hydrogens (tertiary/aromatic N) is 2. The molecule has 1 aromatic carbocycles. The molecule has 0 fully saturated rings. The van der Waals surface area contributed by atoms with E-state index in [0.717, 1.165) is 13.2 Å². The lowest BCUT2D eigenvalue weighted by Gasteiger charge is -2.14. The van der Waals surface area contributed by atoms with E-state index in [0.29, 0.717) is 5.56 Å². The lowest BCUT2D eigenvalue weighted by atomic mass is 10.2. The van der Waals surface area contributed by atoms with Crippen LogP contribution in [0.5, 0.6) is 0 Å². The van der Waals surface area contributed by atoms with Crippen molar-refractivity contribution in [1.29, 1.82) is 0 Å². The van der Waals surface area contributed by atoms with Gasteiger partial charge in [-0.1, -0.05) is 24.3 Å². The highest BCUT2D eigenvalue weighted by atomic mass is 32.2. The number of benzene rings is 1. The van der Waals surface area contributed by atoms with Crippen LogP contribution in [0.15, 0.2) is 54.2 Å². The third kappa shape index (κ3) is 5.54. The van der Waals surface area contributed by atoms with Crippen LogP contribution >= 0.6 is 0 Å². The molecule has 0 unspecified atom stereocenters. The molecule has 0 saturated heterocycles. The molecule has 0 saturated carbocycles. The van der Waals surface area contributed by atoms with Gasteiger partial charge in [0.2, 0.25) is 0 Å². The van der Waals surface area contributed by atoms with Crippen LogP contribution in [-0.4, -0.2) is 45.1 Å². The first-order valence-electron chi connectivity index (χ1n) is 7.09. The Bertz CT molecular complexity index is 612. The summed E-state index contributed by atoms with van der Waals surface area (Å²) < 4.78 is 27.8. The molecule has 2 rings (SSSR count). The summed E-state index contributed by atoms with van der Waals surface area (Å²) in [6.07, 6.45) is 5.60. The molecular weight excluding hydrogens is 300 g/mol. The van der Waals surface area contributed by atoms with Gasteiger partial charge in [-0.05, 0) is 25.5 Å². The molecule has 0 spiro atoms. The smallest absolute Gasteiger partial charge is 0.297 e. The Labute approximate surface area is 133 Å². The van der Waals surface area contributed by atoms with Gasteiger partial charge in [0.15, 0.2) is 0 Å². The lowest BCUT2D eigenvalue weighted by Crippen LogP contribution is -2.21. The number of hydrogen-bond donors (Lipinski definition) is 0. The maximum Gasteiger partial charge on any atom is 0.297 e. The van der Waals surface area contributed by atoms with Gasteiger partial charge in [-0.15, -0.1) is 6.58 Å². The highest BCUT2D eigenvalue weighted by Gasteiger charge is 2.15. The van der Waals surface area contributed by atoms with Crippen molar-refractivity contribution in [2.24, 2.45) is 0 Å². The third-order valence-electron chi connectivity index (χ3n) is 3.05. The molecule has 0 aromatic heterocycles. The minimum Gasteiger partial charge on any atom is -0.362 e. The third-order valence-corrected chi connectivity index (χ3v) is 4.49. The van der Waals surface area contributed by atoms with E-state index >= 15 is 0 Å². The van der Waals surface area contributed by atoms with Crippen LogP contribution in [0, 0.1) is 6.92 Å². The molecular formula is C16H24N2O3S. The molecule has 1 aliphatic heterocycles. The van der Waals surface area contributed by atoms with Crippen LogP contribution in [0.25, 0.3) is 0 Å². The zero-order chi connectivity index (χ0) is 16.6. The van der Waals surface area contributed by atoms with Gasteiger partial charge in [-0.25, -0.2) is 0 Å². The topological polar surface area (TPSA) is 49.9 Å². The summed E-state index contributed by atoms with van der Waals surface area (Å²) in [5, 5.41) is 0. The Morgan fingerprint density at radius 2 is 2.00 bits per heavy atom. The number of hydrogen-bond acceptors (Lipinski definition) is 5. The highest BCUT2D eigenvalue weighted by Crippen LogP contribution is 2.16. The van der Waals surface area contributed by atoms with Crippen molar-refractivity contribution in [2.75, 3.05) is 26.9 Å². The second-order valence-electron chi connectivity index (χ2n) is 4.89. The van der Waals surface area contributed by atoms with Crippen molar-refractivity contribution >= 4 is 10.1 Å². The molecule has 122 valence electrons. The molecule has 0 bridgehead atoms.